The zero-order chi connectivity index (χ0) is 19.3. The minimum atomic E-state index is -0.115. The molecule has 0 bridgehead atoms. The van der Waals surface area contributed by atoms with Crippen LogP contribution in [0.25, 0.3) is 10.9 Å². The van der Waals surface area contributed by atoms with E-state index in [1.807, 2.05) is 55.5 Å². The van der Waals surface area contributed by atoms with Crippen LogP contribution < -0.4 is 10.3 Å². The second-order valence-corrected chi connectivity index (χ2v) is 7.15. The zero-order valence-electron chi connectivity index (χ0n) is 16.2. The number of hydrogen-bond acceptors (Lipinski definition) is 4. The Morgan fingerprint density at radius 1 is 1.11 bits per heavy atom. The fraction of sp³-hybridized carbons (Fsp3) is 0.348. The Kier molecular flexibility index (Phi) is 5.51. The predicted molar refractivity (Wildman–Crippen MR) is 112 cm³/mol. The van der Waals surface area contributed by atoms with Crippen LogP contribution in [0.4, 0.5) is 0 Å². The number of fused-ring (bicyclic) bond motifs is 1. The van der Waals surface area contributed by atoms with E-state index in [-0.39, 0.29) is 11.5 Å². The Labute approximate surface area is 164 Å². The lowest BCUT2D eigenvalue weighted by molar-refractivity contribution is 0.340. The van der Waals surface area contributed by atoms with E-state index in [2.05, 4.69) is 5.10 Å². The smallest absolute Gasteiger partial charge is 0.282 e. The molecule has 0 N–H and O–H groups in total. The second-order valence-electron chi connectivity index (χ2n) is 7.15. The monoisotopic (exact) mass is 375 g/mol. The van der Waals surface area contributed by atoms with Crippen LogP contribution in [0.2, 0.25) is 0 Å². The molecule has 0 atom stereocenters. The van der Waals surface area contributed by atoms with Gasteiger partial charge in [-0.3, -0.25) is 4.79 Å². The molecule has 0 radical (unpaired) electrons. The van der Waals surface area contributed by atoms with Crippen molar-refractivity contribution in [3.63, 3.8) is 0 Å². The summed E-state index contributed by atoms with van der Waals surface area (Å²) in [5, 5.41) is 5.18. The lowest BCUT2D eigenvalue weighted by Gasteiger charge is -2.22. The highest BCUT2D eigenvalue weighted by molar-refractivity contribution is 5.83. The van der Waals surface area contributed by atoms with Crippen LogP contribution in [0.5, 0.6) is 5.75 Å². The van der Waals surface area contributed by atoms with Crippen molar-refractivity contribution in [1.82, 2.24) is 9.66 Å². The van der Waals surface area contributed by atoms with Crippen LogP contribution >= 0.6 is 0 Å². The topological polar surface area (TPSA) is 56.5 Å². The molecule has 1 saturated carbocycles. The number of ether oxygens (including phenoxy) is 1. The standard InChI is InChI=1S/C23H25N3O2/c1-2-28-21-15-9-6-12-18(21)16-24-26-22(17-10-4-3-5-11-17)25-20-14-8-7-13-19(20)23(26)27/h6-9,12-17H,2-5,10-11H2,1H3. The van der Waals surface area contributed by atoms with Gasteiger partial charge in [0.15, 0.2) is 0 Å². The molecule has 28 heavy (non-hydrogen) atoms. The van der Waals surface area contributed by atoms with E-state index in [0.717, 1.165) is 35.5 Å². The van der Waals surface area contributed by atoms with Gasteiger partial charge in [0.1, 0.15) is 11.6 Å². The fourth-order valence-corrected chi connectivity index (χ4v) is 3.87. The van der Waals surface area contributed by atoms with Gasteiger partial charge in [0.2, 0.25) is 0 Å². The van der Waals surface area contributed by atoms with Gasteiger partial charge in [0, 0.05) is 11.5 Å². The Morgan fingerprint density at radius 2 is 1.86 bits per heavy atom. The summed E-state index contributed by atoms with van der Waals surface area (Å²) in [7, 11) is 0. The molecule has 2 aromatic carbocycles. The molecule has 1 aliphatic carbocycles. The molecule has 1 aromatic heterocycles. The van der Waals surface area contributed by atoms with Gasteiger partial charge in [-0.25, -0.2) is 4.98 Å². The molecule has 3 aromatic rings. The third-order valence-electron chi connectivity index (χ3n) is 5.28. The summed E-state index contributed by atoms with van der Waals surface area (Å²) in [5.41, 5.74) is 1.48. The first kappa shape index (κ1) is 18.4. The third-order valence-corrected chi connectivity index (χ3v) is 5.28. The maximum absolute atomic E-state index is 13.2. The van der Waals surface area contributed by atoms with Gasteiger partial charge in [-0.05, 0) is 44.0 Å². The maximum Gasteiger partial charge on any atom is 0.282 e. The van der Waals surface area contributed by atoms with Crippen molar-refractivity contribution in [2.45, 2.75) is 44.9 Å². The van der Waals surface area contributed by atoms with E-state index in [1.54, 1.807) is 6.21 Å². The molecule has 144 valence electrons. The number of benzene rings is 2. The van der Waals surface area contributed by atoms with Crippen molar-refractivity contribution in [3.8, 4) is 5.75 Å². The number of aromatic nitrogens is 2. The van der Waals surface area contributed by atoms with Gasteiger partial charge in [0.25, 0.3) is 5.56 Å². The van der Waals surface area contributed by atoms with E-state index in [0.29, 0.717) is 12.0 Å². The Bertz CT molecular complexity index is 1050. The molecular formula is C23H25N3O2. The largest absolute Gasteiger partial charge is 0.493 e. The lowest BCUT2D eigenvalue weighted by atomic mass is 9.88. The molecule has 0 amide bonds. The molecule has 4 rings (SSSR count). The van der Waals surface area contributed by atoms with Crippen molar-refractivity contribution in [2.24, 2.45) is 5.10 Å². The summed E-state index contributed by atoms with van der Waals surface area (Å²) < 4.78 is 7.18. The SMILES string of the molecule is CCOc1ccccc1C=Nn1c(C2CCCCC2)nc2ccccc2c1=O. The van der Waals surface area contributed by atoms with Crippen molar-refractivity contribution >= 4 is 17.1 Å². The zero-order valence-corrected chi connectivity index (χ0v) is 16.2. The van der Waals surface area contributed by atoms with Crippen molar-refractivity contribution in [2.75, 3.05) is 6.61 Å². The highest BCUT2D eigenvalue weighted by Crippen LogP contribution is 2.31. The molecule has 5 heteroatoms. The minimum Gasteiger partial charge on any atom is -0.493 e. The fourth-order valence-electron chi connectivity index (χ4n) is 3.87. The first-order chi connectivity index (χ1) is 13.8. The molecule has 0 spiro atoms. The van der Waals surface area contributed by atoms with Crippen molar-refractivity contribution in [1.29, 1.82) is 0 Å². The number of hydrogen-bond donors (Lipinski definition) is 0. The Morgan fingerprint density at radius 3 is 2.68 bits per heavy atom. The average molecular weight is 375 g/mol. The number of rotatable bonds is 5. The molecule has 5 nitrogen and oxygen atoms in total. The molecular weight excluding hydrogens is 350 g/mol. The summed E-state index contributed by atoms with van der Waals surface area (Å²) in [6.07, 6.45) is 7.40. The van der Waals surface area contributed by atoms with Gasteiger partial charge >= 0.3 is 0 Å². The number of nitrogens with zero attached hydrogens (tertiary/aromatic N) is 3. The van der Waals surface area contributed by atoms with E-state index in [1.165, 1.54) is 23.9 Å². The van der Waals surface area contributed by atoms with E-state index < -0.39 is 0 Å². The van der Waals surface area contributed by atoms with Gasteiger partial charge < -0.3 is 4.74 Å². The van der Waals surface area contributed by atoms with Gasteiger partial charge in [-0.15, -0.1) is 0 Å². The third kappa shape index (κ3) is 3.70. The number of para-hydroxylation sites is 2. The second kappa shape index (κ2) is 8.38. The minimum absolute atomic E-state index is 0.115. The van der Waals surface area contributed by atoms with E-state index >= 15 is 0 Å². The van der Waals surface area contributed by atoms with Crippen LogP contribution in [0.15, 0.2) is 58.4 Å². The van der Waals surface area contributed by atoms with Gasteiger partial charge in [-0.1, -0.05) is 43.5 Å². The summed E-state index contributed by atoms with van der Waals surface area (Å²) in [5.74, 6) is 1.80. The lowest BCUT2D eigenvalue weighted by Crippen LogP contribution is -2.25. The normalized spacial score (nSPS) is 15.3. The van der Waals surface area contributed by atoms with Crippen molar-refractivity contribution < 1.29 is 4.74 Å². The van der Waals surface area contributed by atoms with E-state index in [4.69, 9.17) is 9.72 Å². The highest BCUT2D eigenvalue weighted by Gasteiger charge is 2.22. The van der Waals surface area contributed by atoms with Gasteiger partial charge in [-0.2, -0.15) is 9.78 Å². The van der Waals surface area contributed by atoms with Crippen LogP contribution in [0.3, 0.4) is 0 Å². The van der Waals surface area contributed by atoms with Crippen LogP contribution in [0.1, 0.15) is 56.3 Å². The molecule has 1 heterocycles. The molecule has 0 aliphatic heterocycles. The first-order valence-electron chi connectivity index (χ1n) is 10.1. The Hall–Kier alpha value is -2.95. The molecule has 0 unspecified atom stereocenters. The average Bonchev–Trinajstić information content (AvgIpc) is 2.75. The van der Waals surface area contributed by atoms with E-state index in [9.17, 15) is 4.79 Å². The quantitative estimate of drug-likeness (QED) is 0.606. The molecule has 0 saturated heterocycles. The highest BCUT2D eigenvalue weighted by atomic mass is 16.5. The molecule has 1 aliphatic rings. The summed E-state index contributed by atoms with van der Waals surface area (Å²) in [6.45, 7) is 2.53. The van der Waals surface area contributed by atoms with Gasteiger partial charge in [0.05, 0.1) is 23.7 Å². The van der Waals surface area contributed by atoms with Crippen LogP contribution in [-0.2, 0) is 0 Å². The predicted octanol–water partition coefficient (Wildman–Crippen LogP) is 4.73. The summed E-state index contributed by atoms with van der Waals surface area (Å²) >= 11 is 0. The summed E-state index contributed by atoms with van der Waals surface area (Å²) in [4.78, 5) is 18.1. The first-order valence-corrected chi connectivity index (χ1v) is 10.1. The Balaban J connectivity index is 1.83. The van der Waals surface area contributed by atoms with Crippen molar-refractivity contribution in [3.05, 3.63) is 70.3 Å². The van der Waals surface area contributed by atoms with Crippen LogP contribution in [0, 0.1) is 0 Å². The summed E-state index contributed by atoms with van der Waals surface area (Å²) in [6, 6.07) is 15.2. The maximum atomic E-state index is 13.2. The van der Waals surface area contributed by atoms with Crippen LogP contribution in [-0.4, -0.2) is 22.5 Å². The molecule has 1 fully saturated rings.